The number of esters is 1. The molecule has 0 aromatic heterocycles. The molecule has 0 aliphatic rings. The molecule has 0 radical (unpaired) electrons. The van der Waals surface area contributed by atoms with Crippen LogP contribution >= 0.6 is 0 Å². The van der Waals surface area contributed by atoms with Gasteiger partial charge in [-0.3, -0.25) is 0 Å². The Bertz CT molecular complexity index is 416. The third-order valence-electron chi connectivity index (χ3n) is 2.76. The maximum Gasteiger partial charge on any atom is 0.331 e. The summed E-state index contributed by atoms with van der Waals surface area (Å²) in [5.41, 5.74) is 0.517. The Kier molecular flexibility index (Phi) is 4.95. The van der Waals surface area contributed by atoms with E-state index in [9.17, 15) is 4.79 Å². The molecule has 0 fully saturated rings. The molecule has 1 aromatic rings. The second-order valence-electron chi connectivity index (χ2n) is 4.64. The van der Waals surface area contributed by atoms with Crippen molar-refractivity contribution in [2.45, 2.75) is 32.8 Å². The Morgan fingerprint density at radius 3 is 2.39 bits per heavy atom. The van der Waals surface area contributed by atoms with Gasteiger partial charge in [0.25, 0.3) is 0 Å². The van der Waals surface area contributed by atoms with Gasteiger partial charge in [-0.2, -0.15) is 0 Å². The molecule has 0 saturated carbocycles. The summed E-state index contributed by atoms with van der Waals surface area (Å²) >= 11 is 0. The van der Waals surface area contributed by atoms with Crippen LogP contribution in [0.3, 0.4) is 0 Å². The van der Waals surface area contributed by atoms with Gasteiger partial charge in [-0.05, 0) is 44.0 Å². The molecule has 0 aliphatic carbocycles. The molecule has 0 unspecified atom stereocenters. The van der Waals surface area contributed by atoms with Crippen molar-refractivity contribution in [3.05, 3.63) is 35.9 Å². The van der Waals surface area contributed by atoms with Crippen molar-refractivity contribution < 1.29 is 14.3 Å². The summed E-state index contributed by atoms with van der Waals surface area (Å²) < 4.78 is 10.4. The Morgan fingerprint density at radius 2 is 1.89 bits per heavy atom. The number of hydrogen-bond acceptors (Lipinski definition) is 3. The first-order valence-electron chi connectivity index (χ1n) is 6.02. The van der Waals surface area contributed by atoms with Crippen molar-refractivity contribution in [3.63, 3.8) is 0 Å². The van der Waals surface area contributed by atoms with Gasteiger partial charge in [0, 0.05) is 6.08 Å². The normalized spacial score (nSPS) is 11.6. The van der Waals surface area contributed by atoms with Crippen molar-refractivity contribution in [3.8, 4) is 5.75 Å². The maximum absolute atomic E-state index is 11.6. The Hall–Kier alpha value is -1.77. The van der Waals surface area contributed by atoms with Crippen LogP contribution in [-0.4, -0.2) is 18.7 Å². The lowest BCUT2D eigenvalue weighted by molar-refractivity contribution is -0.150. The summed E-state index contributed by atoms with van der Waals surface area (Å²) in [6, 6.07) is 7.46. The van der Waals surface area contributed by atoms with Gasteiger partial charge in [0.1, 0.15) is 11.4 Å². The largest absolute Gasteiger partial charge is 0.497 e. The molecule has 3 heteroatoms. The fraction of sp³-hybridized carbons (Fsp3) is 0.400. The van der Waals surface area contributed by atoms with Gasteiger partial charge in [0.2, 0.25) is 0 Å². The van der Waals surface area contributed by atoms with Crippen molar-refractivity contribution in [2.24, 2.45) is 0 Å². The van der Waals surface area contributed by atoms with Crippen LogP contribution < -0.4 is 4.74 Å². The zero-order chi connectivity index (χ0) is 13.6. The van der Waals surface area contributed by atoms with Crippen molar-refractivity contribution >= 4 is 12.0 Å². The first-order chi connectivity index (χ1) is 8.46. The first-order valence-corrected chi connectivity index (χ1v) is 6.02. The number of benzene rings is 1. The van der Waals surface area contributed by atoms with E-state index >= 15 is 0 Å². The minimum absolute atomic E-state index is 0.322. The molecule has 3 nitrogen and oxygen atoms in total. The monoisotopic (exact) mass is 248 g/mol. The van der Waals surface area contributed by atoms with Crippen molar-refractivity contribution in [1.82, 2.24) is 0 Å². The molecular formula is C15H20O3. The highest BCUT2D eigenvalue weighted by atomic mass is 16.6. The van der Waals surface area contributed by atoms with Crippen LogP contribution in [0.2, 0.25) is 0 Å². The van der Waals surface area contributed by atoms with Gasteiger partial charge in [0.15, 0.2) is 0 Å². The minimum Gasteiger partial charge on any atom is -0.497 e. The van der Waals surface area contributed by atoms with Gasteiger partial charge in [0.05, 0.1) is 7.11 Å². The molecule has 0 aliphatic heterocycles. The summed E-state index contributed by atoms with van der Waals surface area (Å²) in [6.07, 6.45) is 3.96. The van der Waals surface area contributed by atoms with E-state index < -0.39 is 5.60 Å². The molecule has 0 saturated heterocycles. The molecule has 0 N–H and O–H groups in total. The molecule has 18 heavy (non-hydrogen) atoms. The molecule has 0 spiro atoms. The van der Waals surface area contributed by atoms with Crippen LogP contribution in [-0.2, 0) is 9.53 Å². The maximum atomic E-state index is 11.6. The lowest BCUT2D eigenvalue weighted by atomic mass is 10.1. The third kappa shape index (κ3) is 4.62. The predicted octanol–water partition coefficient (Wildman–Crippen LogP) is 3.44. The van der Waals surface area contributed by atoms with E-state index in [4.69, 9.17) is 9.47 Å². The van der Waals surface area contributed by atoms with Gasteiger partial charge in [-0.1, -0.05) is 19.1 Å². The zero-order valence-corrected chi connectivity index (χ0v) is 11.4. The van der Waals surface area contributed by atoms with Crippen LogP contribution in [0.1, 0.15) is 32.8 Å². The number of rotatable bonds is 5. The van der Waals surface area contributed by atoms with E-state index in [1.54, 1.807) is 13.2 Å². The summed E-state index contributed by atoms with van der Waals surface area (Å²) in [4.78, 5) is 11.6. The highest BCUT2D eigenvalue weighted by Gasteiger charge is 2.18. The first kappa shape index (κ1) is 14.3. The average Bonchev–Trinajstić information content (AvgIpc) is 2.36. The lowest BCUT2D eigenvalue weighted by Crippen LogP contribution is -2.25. The van der Waals surface area contributed by atoms with E-state index in [-0.39, 0.29) is 5.97 Å². The smallest absolute Gasteiger partial charge is 0.331 e. The van der Waals surface area contributed by atoms with E-state index in [1.807, 2.05) is 45.0 Å². The molecule has 0 atom stereocenters. The highest BCUT2D eigenvalue weighted by Crippen LogP contribution is 2.15. The van der Waals surface area contributed by atoms with Gasteiger partial charge < -0.3 is 9.47 Å². The van der Waals surface area contributed by atoms with Crippen LogP contribution in [0.15, 0.2) is 30.3 Å². The second-order valence-corrected chi connectivity index (χ2v) is 4.64. The summed E-state index contributed by atoms with van der Waals surface area (Å²) in [5.74, 6) is 0.472. The van der Waals surface area contributed by atoms with E-state index in [0.717, 1.165) is 17.7 Å². The van der Waals surface area contributed by atoms with E-state index in [2.05, 4.69) is 0 Å². The number of hydrogen-bond donors (Lipinski definition) is 0. The Labute approximate surface area is 108 Å². The van der Waals surface area contributed by atoms with Crippen molar-refractivity contribution in [1.29, 1.82) is 0 Å². The van der Waals surface area contributed by atoms with E-state index in [0.29, 0.717) is 0 Å². The minimum atomic E-state index is -0.415. The molecule has 1 aromatic carbocycles. The lowest BCUT2D eigenvalue weighted by Gasteiger charge is -2.22. The molecule has 0 bridgehead atoms. The average molecular weight is 248 g/mol. The van der Waals surface area contributed by atoms with Crippen LogP contribution in [0.4, 0.5) is 0 Å². The third-order valence-corrected chi connectivity index (χ3v) is 2.76. The highest BCUT2D eigenvalue weighted by molar-refractivity contribution is 5.87. The standard InChI is InChI=1S/C15H20O3/c1-5-15(2,3)18-14(16)11-8-12-6-9-13(17-4)10-7-12/h6-11H,5H2,1-4H3/b11-8+. The Morgan fingerprint density at radius 1 is 1.28 bits per heavy atom. The molecule has 0 amide bonds. The van der Waals surface area contributed by atoms with Gasteiger partial charge in [-0.25, -0.2) is 4.79 Å². The fourth-order valence-corrected chi connectivity index (χ4v) is 1.26. The van der Waals surface area contributed by atoms with E-state index in [1.165, 1.54) is 6.08 Å². The zero-order valence-electron chi connectivity index (χ0n) is 11.4. The van der Waals surface area contributed by atoms with Crippen molar-refractivity contribution in [2.75, 3.05) is 7.11 Å². The molecular weight excluding hydrogens is 228 g/mol. The fourth-order valence-electron chi connectivity index (χ4n) is 1.26. The number of carbonyl (C=O) groups is 1. The quantitative estimate of drug-likeness (QED) is 0.591. The number of methoxy groups -OCH3 is 1. The predicted molar refractivity (Wildman–Crippen MR) is 72.5 cm³/mol. The number of ether oxygens (including phenoxy) is 2. The second kappa shape index (κ2) is 6.24. The molecule has 1 rings (SSSR count). The van der Waals surface area contributed by atoms with Crippen LogP contribution in [0.25, 0.3) is 6.08 Å². The van der Waals surface area contributed by atoms with Gasteiger partial charge >= 0.3 is 5.97 Å². The summed E-state index contributed by atoms with van der Waals surface area (Å²) in [5, 5.41) is 0. The molecule has 98 valence electrons. The molecule has 0 heterocycles. The van der Waals surface area contributed by atoms with Gasteiger partial charge in [-0.15, -0.1) is 0 Å². The van der Waals surface area contributed by atoms with Crippen LogP contribution in [0.5, 0.6) is 5.75 Å². The summed E-state index contributed by atoms with van der Waals surface area (Å²) in [7, 11) is 1.62. The Balaban J connectivity index is 2.60. The SMILES string of the molecule is CCC(C)(C)OC(=O)/C=C/c1ccc(OC)cc1. The van der Waals surface area contributed by atoms with Crippen LogP contribution in [0, 0.1) is 0 Å². The topological polar surface area (TPSA) is 35.5 Å². The number of carbonyl (C=O) groups excluding carboxylic acids is 1. The summed E-state index contributed by atoms with van der Waals surface area (Å²) in [6.45, 7) is 5.78.